The van der Waals surface area contributed by atoms with Gasteiger partial charge in [0.05, 0.1) is 0 Å². The summed E-state index contributed by atoms with van der Waals surface area (Å²) in [4.78, 5) is 24.1. The SMILES string of the molecule is C[C@]12CCC3C(CC[C@H]4NC(=O)CC[C@]34C)C1CCC2=O. The molecular formula is C18H27NO2. The Balaban J connectivity index is 1.65. The van der Waals surface area contributed by atoms with Crippen LogP contribution in [0.3, 0.4) is 0 Å². The van der Waals surface area contributed by atoms with Gasteiger partial charge in [-0.15, -0.1) is 0 Å². The van der Waals surface area contributed by atoms with Gasteiger partial charge in [-0.2, -0.15) is 0 Å². The van der Waals surface area contributed by atoms with Crippen molar-refractivity contribution in [3.05, 3.63) is 0 Å². The fourth-order valence-corrected chi connectivity index (χ4v) is 6.47. The van der Waals surface area contributed by atoms with E-state index in [0.29, 0.717) is 36.0 Å². The van der Waals surface area contributed by atoms with Crippen LogP contribution in [0.1, 0.15) is 65.2 Å². The first kappa shape index (κ1) is 13.8. The highest BCUT2D eigenvalue weighted by Gasteiger charge is 2.60. The van der Waals surface area contributed by atoms with E-state index in [9.17, 15) is 9.59 Å². The maximum Gasteiger partial charge on any atom is 0.220 e. The van der Waals surface area contributed by atoms with Gasteiger partial charge in [-0.3, -0.25) is 9.59 Å². The standard InChI is InChI=1S/C18H27NO2/c1-17-10-8-16(21)19-14(17)5-3-11-12-4-6-15(20)18(12,2)9-7-13(11)17/h11-14H,3-10H2,1-2H3,(H,19,21)/t11?,12?,13?,14-,17-,18+/m1/s1. The van der Waals surface area contributed by atoms with Gasteiger partial charge >= 0.3 is 0 Å². The van der Waals surface area contributed by atoms with Crippen LogP contribution in [-0.2, 0) is 9.59 Å². The zero-order valence-corrected chi connectivity index (χ0v) is 13.3. The van der Waals surface area contributed by atoms with Gasteiger partial charge in [-0.1, -0.05) is 13.8 Å². The Morgan fingerprint density at radius 2 is 1.76 bits per heavy atom. The number of rotatable bonds is 0. The molecule has 0 aromatic carbocycles. The van der Waals surface area contributed by atoms with Crippen molar-refractivity contribution in [2.24, 2.45) is 28.6 Å². The van der Waals surface area contributed by atoms with Crippen molar-refractivity contribution in [2.75, 3.05) is 0 Å². The second kappa shape index (κ2) is 4.33. The van der Waals surface area contributed by atoms with Crippen LogP contribution in [0.2, 0.25) is 0 Å². The zero-order valence-electron chi connectivity index (χ0n) is 13.3. The molecule has 0 spiro atoms. The first-order valence-electron chi connectivity index (χ1n) is 8.78. The van der Waals surface area contributed by atoms with E-state index in [0.717, 1.165) is 32.1 Å². The molecule has 1 saturated heterocycles. The number of carbonyl (C=O) groups is 2. The molecule has 3 nitrogen and oxygen atoms in total. The van der Waals surface area contributed by atoms with Crippen molar-refractivity contribution in [2.45, 2.75) is 71.3 Å². The Kier molecular flexibility index (Phi) is 2.84. The van der Waals surface area contributed by atoms with Crippen molar-refractivity contribution in [3.8, 4) is 0 Å². The lowest BCUT2D eigenvalue weighted by molar-refractivity contribution is -0.141. The quantitative estimate of drug-likeness (QED) is 0.745. The number of Topliss-reactive ketones (excluding diaryl/α,β-unsaturated/α-hetero) is 1. The Labute approximate surface area is 127 Å². The predicted octanol–water partition coefficient (Wildman–Crippen LogP) is 3.08. The van der Waals surface area contributed by atoms with E-state index in [4.69, 9.17) is 0 Å². The molecule has 3 saturated carbocycles. The molecule has 0 bridgehead atoms. The van der Waals surface area contributed by atoms with E-state index >= 15 is 0 Å². The smallest absolute Gasteiger partial charge is 0.220 e. The number of fused-ring (bicyclic) bond motifs is 5. The number of piperidine rings is 1. The summed E-state index contributed by atoms with van der Waals surface area (Å²) in [5.74, 6) is 2.80. The van der Waals surface area contributed by atoms with Crippen LogP contribution in [0, 0.1) is 28.6 Å². The normalized spacial score (nSPS) is 52.7. The molecule has 0 aromatic heterocycles. The maximum absolute atomic E-state index is 12.4. The molecule has 21 heavy (non-hydrogen) atoms. The average molecular weight is 289 g/mol. The highest BCUT2D eigenvalue weighted by Crippen LogP contribution is 2.62. The van der Waals surface area contributed by atoms with Gasteiger partial charge in [0.2, 0.25) is 5.91 Å². The topological polar surface area (TPSA) is 46.2 Å². The Morgan fingerprint density at radius 3 is 2.57 bits per heavy atom. The largest absolute Gasteiger partial charge is 0.353 e. The molecular weight excluding hydrogens is 262 g/mol. The lowest BCUT2D eigenvalue weighted by atomic mass is 9.48. The molecule has 1 aliphatic heterocycles. The van der Waals surface area contributed by atoms with Crippen LogP contribution >= 0.6 is 0 Å². The van der Waals surface area contributed by atoms with Crippen molar-refractivity contribution in [3.63, 3.8) is 0 Å². The molecule has 1 N–H and O–H groups in total. The minimum Gasteiger partial charge on any atom is -0.353 e. The molecule has 116 valence electrons. The number of hydrogen-bond acceptors (Lipinski definition) is 2. The number of ketones is 1. The third kappa shape index (κ3) is 1.72. The predicted molar refractivity (Wildman–Crippen MR) is 80.6 cm³/mol. The highest BCUT2D eigenvalue weighted by atomic mass is 16.1. The van der Waals surface area contributed by atoms with E-state index < -0.39 is 0 Å². The summed E-state index contributed by atoms with van der Waals surface area (Å²) in [7, 11) is 0. The van der Waals surface area contributed by atoms with Crippen LogP contribution in [0.15, 0.2) is 0 Å². The lowest BCUT2D eigenvalue weighted by Gasteiger charge is -2.59. The van der Waals surface area contributed by atoms with Crippen LogP contribution < -0.4 is 5.32 Å². The van der Waals surface area contributed by atoms with E-state index in [1.54, 1.807) is 0 Å². The van der Waals surface area contributed by atoms with Gasteiger partial charge in [0.1, 0.15) is 5.78 Å². The van der Waals surface area contributed by atoms with E-state index in [2.05, 4.69) is 19.2 Å². The number of amides is 1. The van der Waals surface area contributed by atoms with Gasteiger partial charge in [0.15, 0.2) is 0 Å². The summed E-state index contributed by atoms with van der Waals surface area (Å²) >= 11 is 0. The first-order chi connectivity index (χ1) is 9.95. The summed E-state index contributed by atoms with van der Waals surface area (Å²) in [6, 6.07) is 0.376. The Morgan fingerprint density at radius 1 is 0.952 bits per heavy atom. The van der Waals surface area contributed by atoms with E-state index in [1.807, 2.05) is 0 Å². The van der Waals surface area contributed by atoms with Crippen LogP contribution in [-0.4, -0.2) is 17.7 Å². The molecule has 4 fully saturated rings. The number of nitrogens with one attached hydrogen (secondary N) is 1. The molecule has 6 atom stereocenters. The number of hydrogen-bond donors (Lipinski definition) is 1. The fraction of sp³-hybridized carbons (Fsp3) is 0.889. The average Bonchev–Trinajstić information content (AvgIpc) is 2.76. The van der Waals surface area contributed by atoms with Crippen LogP contribution in [0.25, 0.3) is 0 Å². The molecule has 3 unspecified atom stereocenters. The number of carbonyl (C=O) groups excluding carboxylic acids is 2. The fourth-order valence-electron chi connectivity index (χ4n) is 6.47. The summed E-state index contributed by atoms with van der Waals surface area (Å²) in [5, 5.41) is 3.26. The molecule has 0 aromatic rings. The van der Waals surface area contributed by atoms with Gasteiger partial charge in [0, 0.05) is 24.3 Å². The summed E-state index contributed by atoms with van der Waals surface area (Å²) in [5.41, 5.74) is 0.242. The van der Waals surface area contributed by atoms with E-state index in [-0.39, 0.29) is 16.7 Å². The summed E-state index contributed by atoms with van der Waals surface area (Å²) in [6.07, 6.45) is 8.24. The minimum absolute atomic E-state index is 0.0255. The van der Waals surface area contributed by atoms with Crippen molar-refractivity contribution >= 4 is 11.7 Å². The van der Waals surface area contributed by atoms with E-state index in [1.165, 1.54) is 12.8 Å². The third-order valence-electron chi connectivity index (χ3n) is 7.80. The first-order valence-corrected chi connectivity index (χ1v) is 8.78. The molecule has 0 radical (unpaired) electrons. The summed E-state index contributed by atoms with van der Waals surface area (Å²) in [6.45, 7) is 4.65. The molecule has 3 heteroatoms. The highest BCUT2D eigenvalue weighted by molar-refractivity contribution is 5.87. The molecule has 1 heterocycles. The molecule has 4 rings (SSSR count). The van der Waals surface area contributed by atoms with Crippen LogP contribution in [0.4, 0.5) is 0 Å². The maximum atomic E-state index is 12.4. The second-order valence-corrected chi connectivity index (χ2v) is 8.50. The Hall–Kier alpha value is -0.860. The summed E-state index contributed by atoms with van der Waals surface area (Å²) < 4.78 is 0. The molecule has 1 amide bonds. The van der Waals surface area contributed by atoms with Gasteiger partial charge in [0.25, 0.3) is 0 Å². The molecule has 3 aliphatic carbocycles. The third-order valence-corrected chi connectivity index (χ3v) is 7.80. The second-order valence-electron chi connectivity index (χ2n) is 8.50. The van der Waals surface area contributed by atoms with Gasteiger partial charge < -0.3 is 5.32 Å². The van der Waals surface area contributed by atoms with Gasteiger partial charge in [-0.25, -0.2) is 0 Å². The molecule has 4 aliphatic rings. The zero-order chi connectivity index (χ0) is 14.8. The van der Waals surface area contributed by atoms with Gasteiger partial charge in [-0.05, 0) is 61.7 Å². The van der Waals surface area contributed by atoms with Crippen molar-refractivity contribution in [1.82, 2.24) is 5.32 Å². The van der Waals surface area contributed by atoms with Crippen molar-refractivity contribution in [1.29, 1.82) is 0 Å². The van der Waals surface area contributed by atoms with Crippen molar-refractivity contribution < 1.29 is 9.59 Å². The Bertz CT molecular complexity index is 501. The minimum atomic E-state index is -0.0255. The monoisotopic (exact) mass is 289 g/mol. The lowest BCUT2D eigenvalue weighted by Crippen LogP contribution is -2.61. The van der Waals surface area contributed by atoms with Crippen LogP contribution in [0.5, 0.6) is 0 Å².